The maximum Gasteiger partial charge on any atom is 0.290 e. The number of hydrogen-bond acceptors (Lipinski definition) is 4. The van der Waals surface area contributed by atoms with E-state index in [-0.39, 0.29) is 11.5 Å². The van der Waals surface area contributed by atoms with Crippen LogP contribution in [-0.4, -0.2) is 15.5 Å². The van der Waals surface area contributed by atoms with E-state index in [1.807, 2.05) is 77.4 Å². The van der Waals surface area contributed by atoms with Gasteiger partial charge in [-0.15, -0.1) is 11.3 Å². The van der Waals surface area contributed by atoms with Gasteiger partial charge in [0.1, 0.15) is 4.70 Å². The van der Waals surface area contributed by atoms with Gasteiger partial charge in [0.2, 0.25) is 0 Å². The van der Waals surface area contributed by atoms with Crippen LogP contribution in [-0.2, 0) is 6.54 Å². The predicted octanol–water partition coefficient (Wildman–Crippen LogP) is 6.08. The Morgan fingerprint density at radius 2 is 1.70 bits per heavy atom. The number of carbonyl (C=O) groups is 1. The standard InChI is InChI=1S/C26H18ClN3O2S/c27-20-12-6-17(7-13-20)15-30-16-28-26(32)24-22(30)14-23(33-24)18-8-10-19(11-9-18)25(31)29-21-4-2-1-3-5-21/h1-14,16H,15H2,(H,29,31). The molecule has 7 heteroatoms. The molecule has 2 aromatic heterocycles. The Balaban J connectivity index is 1.42. The highest BCUT2D eigenvalue weighted by molar-refractivity contribution is 7.22. The zero-order chi connectivity index (χ0) is 22.8. The van der Waals surface area contributed by atoms with Gasteiger partial charge in [-0.3, -0.25) is 9.59 Å². The molecule has 0 saturated heterocycles. The molecule has 5 rings (SSSR count). The fourth-order valence-electron chi connectivity index (χ4n) is 3.56. The summed E-state index contributed by atoms with van der Waals surface area (Å²) < 4.78 is 2.56. The van der Waals surface area contributed by atoms with Gasteiger partial charge in [0.15, 0.2) is 0 Å². The van der Waals surface area contributed by atoms with Gasteiger partial charge >= 0.3 is 0 Å². The van der Waals surface area contributed by atoms with Gasteiger partial charge in [-0.25, -0.2) is 0 Å². The number of rotatable bonds is 5. The monoisotopic (exact) mass is 471 g/mol. The first-order chi connectivity index (χ1) is 16.1. The quantitative estimate of drug-likeness (QED) is 0.338. The summed E-state index contributed by atoms with van der Waals surface area (Å²) in [6, 6.07) is 26.3. The molecular formula is C26H18ClN3O2S. The average molecular weight is 472 g/mol. The average Bonchev–Trinajstić information content (AvgIpc) is 3.30. The first-order valence-corrected chi connectivity index (χ1v) is 11.5. The Morgan fingerprint density at radius 1 is 0.970 bits per heavy atom. The molecule has 1 amide bonds. The summed E-state index contributed by atoms with van der Waals surface area (Å²) >= 11 is 7.39. The van der Waals surface area contributed by atoms with Gasteiger partial charge in [0.05, 0.1) is 11.8 Å². The molecule has 0 radical (unpaired) electrons. The van der Waals surface area contributed by atoms with Crippen molar-refractivity contribution in [1.29, 1.82) is 0 Å². The van der Waals surface area contributed by atoms with Crippen molar-refractivity contribution < 1.29 is 4.79 Å². The Kier molecular flexibility index (Phi) is 5.77. The minimum Gasteiger partial charge on any atom is -0.326 e. The van der Waals surface area contributed by atoms with E-state index < -0.39 is 0 Å². The summed E-state index contributed by atoms with van der Waals surface area (Å²) in [4.78, 5) is 29.9. The summed E-state index contributed by atoms with van der Waals surface area (Å²) in [5, 5.41) is 3.56. The van der Waals surface area contributed by atoms with Crippen LogP contribution in [0.1, 0.15) is 15.9 Å². The lowest BCUT2D eigenvalue weighted by Gasteiger charge is -2.07. The van der Waals surface area contributed by atoms with Crippen molar-refractivity contribution in [1.82, 2.24) is 9.55 Å². The van der Waals surface area contributed by atoms with E-state index in [2.05, 4.69) is 10.3 Å². The fourth-order valence-corrected chi connectivity index (χ4v) is 4.75. The lowest BCUT2D eigenvalue weighted by atomic mass is 10.1. The summed E-state index contributed by atoms with van der Waals surface area (Å²) in [7, 11) is 0. The molecule has 1 N–H and O–H groups in total. The fraction of sp³-hybridized carbons (Fsp3) is 0.0385. The molecule has 0 spiro atoms. The largest absolute Gasteiger partial charge is 0.326 e. The highest BCUT2D eigenvalue weighted by Crippen LogP contribution is 2.32. The van der Waals surface area contributed by atoms with Crippen LogP contribution in [0, 0.1) is 0 Å². The van der Waals surface area contributed by atoms with Crippen LogP contribution in [0.5, 0.6) is 0 Å². The minimum atomic E-state index is -0.243. The molecule has 0 aliphatic heterocycles. The molecule has 0 fully saturated rings. The van der Waals surface area contributed by atoms with Crippen LogP contribution >= 0.6 is 22.9 Å². The van der Waals surface area contributed by atoms with E-state index in [9.17, 15) is 9.59 Å². The van der Waals surface area contributed by atoms with Crippen LogP contribution in [0.15, 0.2) is 96.1 Å². The van der Waals surface area contributed by atoms with Crippen molar-refractivity contribution in [2.75, 3.05) is 5.32 Å². The van der Waals surface area contributed by atoms with E-state index >= 15 is 0 Å². The Hall–Kier alpha value is -3.74. The Bertz CT molecular complexity index is 1490. The molecule has 0 saturated carbocycles. The maximum absolute atomic E-state index is 12.5. The second-order valence-corrected chi connectivity index (χ2v) is 9.02. The lowest BCUT2D eigenvalue weighted by Crippen LogP contribution is -2.11. The number of halogens is 1. The zero-order valence-electron chi connectivity index (χ0n) is 17.4. The van der Waals surface area contributed by atoms with E-state index in [1.54, 1.807) is 18.5 Å². The van der Waals surface area contributed by atoms with Crippen molar-refractivity contribution in [2.45, 2.75) is 6.54 Å². The predicted molar refractivity (Wildman–Crippen MR) is 134 cm³/mol. The summed E-state index contributed by atoms with van der Waals surface area (Å²) in [5.74, 6) is -0.170. The van der Waals surface area contributed by atoms with Crippen molar-refractivity contribution in [3.05, 3.63) is 118 Å². The number of anilines is 1. The molecule has 0 atom stereocenters. The summed E-state index contributed by atoms with van der Waals surface area (Å²) in [6.45, 7) is 0.579. The zero-order valence-corrected chi connectivity index (χ0v) is 18.9. The normalized spacial score (nSPS) is 10.9. The lowest BCUT2D eigenvalue weighted by molar-refractivity contribution is 0.102. The first-order valence-electron chi connectivity index (χ1n) is 10.3. The van der Waals surface area contributed by atoms with E-state index in [0.717, 1.165) is 27.2 Å². The van der Waals surface area contributed by atoms with Crippen molar-refractivity contribution in [3.8, 4) is 10.4 Å². The number of para-hydroxylation sites is 1. The van der Waals surface area contributed by atoms with Crippen molar-refractivity contribution in [3.63, 3.8) is 0 Å². The van der Waals surface area contributed by atoms with Crippen LogP contribution in [0.2, 0.25) is 5.02 Å². The third-order valence-corrected chi connectivity index (χ3v) is 6.67. The van der Waals surface area contributed by atoms with E-state index in [1.165, 1.54) is 11.3 Å². The topological polar surface area (TPSA) is 64.0 Å². The van der Waals surface area contributed by atoms with Crippen molar-refractivity contribution >= 4 is 44.7 Å². The Labute approximate surface area is 198 Å². The number of hydrogen-bond donors (Lipinski definition) is 1. The van der Waals surface area contributed by atoms with Gasteiger partial charge in [-0.05, 0) is 53.6 Å². The molecule has 33 heavy (non-hydrogen) atoms. The van der Waals surface area contributed by atoms with Gasteiger partial charge in [-0.1, -0.05) is 54.1 Å². The molecule has 5 aromatic rings. The number of thiophene rings is 1. The number of aromatic nitrogens is 2. The highest BCUT2D eigenvalue weighted by Gasteiger charge is 2.13. The summed E-state index contributed by atoms with van der Waals surface area (Å²) in [5.41, 5.74) is 3.89. The molecule has 0 bridgehead atoms. The number of nitrogens with one attached hydrogen (secondary N) is 1. The van der Waals surface area contributed by atoms with Gasteiger partial charge in [-0.2, -0.15) is 4.98 Å². The molecule has 0 unspecified atom stereocenters. The third-order valence-electron chi connectivity index (χ3n) is 5.26. The molecule has 162 valence electrons. The third kappa shape index (κ3) is 4.58. The van der Waals surface area contributed by atoms with Crippen LogP contribution in [0.4, 0.5) is 5.69 Å². The van der Waals surface area contributed by atoms with Gasteiger partial charge < -0.3 is 9.88 Å². The van der Waals surface area contributed by atoms with Crippen molar-refractivity contribution in [2.24, 2.45) is 0 Å². The summed E-state index contributed by atoms with van der Waals surface area (Å²) in [6.07, 6.45) is 1.58. The molecule has 0 aliphatic rings. The maximum atomic E-state index is 12.5. The number of fused-ring (bicyclic) bond motifs is 1. The van der Waals surface area contributed by atoms with Gasteiger partial charge in [0.25, 0.3) is 11.5 Å². The van der Waals surface area contributed by atoms with Gasteiger partial charge in [0, 0.05) is 27.7 Å². The van der Waals surface area contributed by atoms with Crippen LogP contribution in [0.3, 0.4) is 0 Å². The molecule has 2 heterocycles. The van der Waals surface area contributed by atoms with E-state index in [0.29, 0.717) is 21.8 Å². The minimum absolute atomic E-state index is 0.170. The number of carbonyl (C=O) groups excluding carboxylic acids is 1. The molecule has 0 aliphatic carbocycles. The van der Waals surface area contributed by atoms with E-state index in [4.69, 9.17) is 11.6 Å². The smallest absolute Gasteiger partial charge is 0.290 e. The first kappa shape index (κ1) is 21.1. The highest BCUT2D eigenvalue weighted by atomic mass is 35.5. The van der Waals surface area contributed by atoms with Crippen LogP contribution < -0.4 is 10.9 Å². The SMILES string of the molecule is O=C(Nc1ccccc1)c1ccc(-c2cc3c(s2)c(=O)ncn3Cc2ccc(Cl)cc2)cc1. The molecule has 5 nitrogen and oxygen atoms in total. The number of benzene rings is 3. The number of nitrogens with zero attached hydrogens (tertiary/aromatic N) is 2. The number of amides is 1. The van der Waals surface area contributed by atoms with Crippen LogP contribution in [0.25, 0.3) is 20.7 Å². The molecule has 3 aromatic carbocycles. The second-order valence-electron chi connectivity index (χ2n) is 7.53. The molecular weight excluding hydrogens is 454 g/mol. The second kappa shape index (κ2) is 9.02. The Morgan fingerprint density at radius 3 is 2.42 bits per heavy atom.